The smallest absolute Gasteiger partial charge is 0.422 e. The van der Waals surface area contributed by atoms with E-state index in [1.54, 1.807) is 25.1 Å². The first-order chi connectivity index (χ1) is 13.0. The first-order valence-corrected chi connectivity index (χ1v) is 10.6. The van der Waals surface area contributed by atoms with E-state index in [-0.39, 0.29) is 12.3 Å². The summed E-state index contributed by atoms with van der Waals surface area (Å²) in [6.45, 7) is 3.77. The van der Waals surface area contributed by atoms with E-state index in [2.05, 4.69) is 20.3 Å². The Bertz CT molecular complexity index is 753. The van der Waals surface area contributed by atoms with E-state index in [4.69, 9.17) is 4.74 Å². The lowest BCUT2D eigenvalue weighted by molar-refractivity contribution is -0.153. The molecule has 0 saturated heterocycles. The molecular formula is C17H27F3N4O3S. The fourth-order valence-electron chi connectivity index (χ4n) is 2.15. The third-order valence-corrected chi connectivity index (χ3v) is 4.10. The van der Waals surface area contributed by atoms with E-state index < -0.39 is 22.8 Å². The van der Waals surface area contributed by atoms with Crippen LogP contribution in [-0.2, 0) is 16.6 Å². The molecule has 0 amide bonds. The van der Waals surface area contributed by atoms with Crippen molar-refractivity contribution in [2.24, 2.45) is 4.99 Å². The number of hydrogen-bond donors (Lipinski definition) is 3. The molecule has 160 valence electrons. The zero-order chi connectivity index (χ0) is 21.2. The summed E-state index contributed by atoms with van der Waals surface area (Å²) in [5, 5.41) is 6.07. The highest BCUT2D eigenvalue weighted by Crippen LogP contribution is 2.24. The second-order valence-corrected chi connectivity index (χ2v) is 7.99. The minimum absolute atomic E-state index is 0.129. The van der Waals surface area contributed by atoms with Gasteiger partial charge in [-0.25, -0.2) is 18.1 Å². The lowest BCUT2D eigenvalue weighted by Crippen LogP contribution is -2.38. The van der Waals surface area contributed by atoms with Gasteiger partial charge < -0.3 is 15.4 Å². The highest BCUT2D eigenvalue weighted by molar-refractivity contribution is 7.88. The Hall–Kier alpha value is -2.01. The van der Waals surface area contributed by atoms with Gasteiger partial charge >= 0.3 is 6.18 Å². The summed E-state index contributed by atoms with van der Waals surface area (Å²) in [4.78, 5) is 4.36. The number of halogens is 3. The Kier molecular flexibility index (Phi) is 9.53. The first-order valence-electron chi connectivity index (χ1n) is 8.76. The van der Waals surface area contributed by atoms with Gasteiger partial charge in [-0.2, -0.15) is 13.2 Å². The van der Waals surface area contributed by atoms with Crippen LogP contribution in [0.15, 0.2) is 23.2 Å². The van der Waals surface area contributed by atoms with Gasteiger partial charge in [0, 0.05) is 25.2 Å². The van der Waals surface area contributed by atoms with Crippen molar-refractivity contribution >= 4 is 16.0 Å². The van der Waals surface area contributed by atoms with Crippen molar-refractivity contribution in [1.82, 2.24) is 15.4 Å². The topological polar surface area (TPSA) is 91.8 Å². The molecule has 3 N–H and O–H groups in total. The van der Waals surface area contributed by atoms with Gasteiger partial charge in [-0.05, 0) is 31.9 Å². The quantitative estimate of drug-likeness (QED) is 0.303. The van der Waals surface area contributed by atoms with Gasteiger partial charge in [-0.15, -0.1) is 0 Å². The van der Waals surface area contributed by atoms with Crippen molar-refractivity contribution in [3.05, 3.63) is 29.3 Å². The Morgan fingerprint density at radius 1 is 1.21 bits per heavy atom. The first kappa shape index (κ1) is 24.0. The Labute approximate surface area is 163 Å². The maximum atomic E-state index is 12.4. The van der Waals surface area contributed by atoms with Crippen LogP contribution in [-0.4, -0.2) is 53.1 Å². The summed E-state index contributed by atoms with van der Waals surface area (Å²) in [6, 6.07) is 5.01. The molecule has 0 bridgehead atoms. The summed E-state index contributed by atoms with van der Waals surface area (Å²) < 4.78 is 66.7. The van der Waals surface area contributed by atoms with Crippen LogP contribution in [0.4, 0.5) is 13.2 Å². The molecule has 0 radical (unpaired) electrons. The standard InChI is InChI=1S/C17H27F3N4O3S/c1-4-21-16(22-8-5-9-24-28(3,25)26)23-11-14-7-6-13(2)10-15(14)27-12-17(18,19)20/h6-7,10,24H,4-5,8-9,11-12H2,1-3H3,(H2,21,22,23). The summed E-state index contributed by atoms with van der Waals surface area (Å²) in [7, 11) is -3.22. The monoisotopic (exact) mass is 424 g/mol. The van der Waals surface area contributed by atoms with Crippen molar-refractivity contribution in [2.45, 2.75) is 33.0 Å². The van der Waals surface area contributed by atoms with Gasteiger partial charge in [0.05, 0.1) is 12.8 Å². The molecule has 1 aromatic carbocycles. The van der Waals surface area contributed by atoms with Crippen molar-refractivity contribution in [3.8, 4) is 5.75 Å². The number of aryl methyl sites for hydroxylation is 1. The SMILES string of the molecule is CCNC(=NCc1ccc(C)cc1OCC(F)(F)F)NCCCNS(C)(=O)=O. The molecule has 0 spiro atoms. The molecule has 0 aliphatic carbocycles. The summed E-state index contributed by atoms with van der Waals surface area (Å²) in [5.41, 5.74) is 1.32. The molecule has 1 rings (SSSR count). The highest BCUT2D eigenvalue weighted by atomic mass is 32.2. The molecular weight excluding hydrogens is 397 g/mol. The maximum absolute atomic E-state index is 12.4. The van der Waals surface area contributed by atoms with Crippen LogP contribution in [0.3, 0.4) is 0 Å². The minimum Gasteiger partial charge on any atom is -0.484 e. The van der Waals surface area contributed by atoms with E-state index in [1.807, 2.05) is 6.92 Å². The van der Waals surface area contributed by atoms with Crippen LogP contribution < -0.4 is 20.1 Å². The van der Waals surface area contributed by atoms with Crippen LogP contribution in [0.1, 0.15) is 24.5 Å². The molecule has 1 aromatic rings. The number of guanidine groups is 1. The second kappa shape index (κ2) is 11.1. The number of nitrogens with one attached hydrogen (secondary N) is 3. The van der Waals surface area contributed by atoms with E-state index in [9.17, 15) is 21.6 Å². The van der Waals surface area contributed by atoms with Crippen LogP contribution in [0.2, 0.25) is 0 Å². The molecule has 0 aromatic heterocycles. The fourth-order valence-corrected chi connectivity index (χ4v) is 2.66. The molecule has 7 nitrogen and oxygen atoms in total. The summed E-state index contributed by atoms with van der Waals surface area (Å²) in [6.07, 6.45) is -2.78. The van der Waals surface area contributed by atoms with Crippen LogP contribution in [0, 0.1) is 6.92 Å². The van der Waals surface area contributed by atoms with E-state index in [1.165, 1.54) is 0 Å². The van der Waals surface area contributed by atoms with Crippen LogP contribution in [0.25, 0.3) is 0 Å². The number of ether oxygens (including phenoxy) is 1. The third kappa shape index (κ3) is 11.0. The molecule has 0 fully saturated rings. The number of hydrogen-bond acceptors (Lipinski definition) is 4. The van der Waals surface area contributed by atoms with E-state index >= 15 is 0 Å². The van der Waals surface area contributed by atoms with Gasteiger partial charge in [-0.1, -0.05) is 12.1 Å². The minimum atomic E-state index is -4.42. The molecule has 0 aliphatic rings. The van der Waals surface area contributed by atoms with Gasteiger partial charge in [-0.3, -0.25) is 0 Å². The van der Waals surface area contributed by atoms with Gasteiger partial charge in [0.15, 0.2) is 12.6 Å². The molecule has 11 heteroatoms. The van der Waals surface area contributed by atoms with Crippen molar-refractivity contribution in [3.63, 3.8) is 0 Å². The summed E-state index contributed by atoms with van der Waals surface area (Å²) >= 11 is 0. The molecule has 0 atom stereocenters. The predicted octanol–water partition coefficient (Wildman–Crippen LogP) is 1.93. The Morgan fingerprint density at radius 3 is 2.54 bits per heavy atom. The van der Waals surface area contributed by atoms with Crippen molar-refractivity contribution < 1.29 is 26.3 Å². The zero-order valence-electron chi connectivity index (χ0n) is 16.2. The van der Waals surface area contributed by atoms with E-state index in [0.29, 0.717) is 37.6 Å². The number of aliphatic imine (C=N–C) groups is 1. The van der Waals surface area contributed by atoms with Crippen LogP contribution >= 0.6 is 0 Å². The molecule has 0 aliphatic heterocycles. The lowest BCUT2D eigenvalue weighted by Gasteiger charge is -2.14. The van der Waals surface area contributed by atoms with E-state index in [0.717, 1.165) is 11.8 Å². The molecule has 0 heterocycles. The molecule has 0 unspecified atom stereocenters. The fraction of sp³-hybridized carbons (Fsp3) is 0.588. The van der Waals surface area contributed by atoms with Gasteiger partial charge in [0.25, 0.3) is 0 Å². The zero-order valence-corrected chi connectivity index (χ0v) is 17.0. The average molecular weight is 424 g/mol. The normalized spacial score (nSPS) is 12.7. The second-order valence-electron chi connectivity index (χ2n) is 6.16. The number of nitrogens with zero attached hydrogens (tertiary/aromatic N) is 1. The highest BCUT2D eigenvalue weighted by Gasteiger charge is 2.28. The van der Waals surface area contributed by atoms with Gasteiger partial charge in [0.1, 0.15) is 5.75 Å². The third-order valence-electron chi connectivity index (χ3n) is 3.38. The maximum Gasteiger partial charge on any atom is 0.422 e. The number of rotatable bonds is 10. The lowest BCUT2D eigenvalue weighted by atomic mass is 10.1. The average Bonchev–Trinajstić information content (AvgIpc) is 2.56. The Morgan fingerprint density at radius 2 is 1.93 bits per heavy atom. The molecule has 0 saturated carbocycles. The van der Waals surface area contributed by atoms with Gasteiger partial charge in [0.2, 0.25) is 10.0 Å². The summed E-state index contributed by atoms with van der Waals surface area (Å²) in [5.74, 6) is 0.624. The largest absolute Gasteiger partial charge is 0.484 e. The van der Waals surface area contributed by atoms with Crippen molar-refractivity contribution in [2.75, 3.05) is 32.5 Å². The van der Waals surface area contributed by atoms with Crippen molar-refractivity contribution in [1.29, 1.82) is 0 Å². The number of alkyl halides is 3. The predicted molar refractivity (Wildman–Crippen MR) is 103 cm³/mol. The Balaban J connectivity index is 2.70. The van der Waals surface area contributed by atoms with Crippen LogP contribution in [0.5, 0.6) is 5.75 Å². The number of sulfonamides is 1. The molecule has 28 heavy (non-hydrogen) atoms. The number of benzene rings is 1.